The molecule has 88 valence electrons. The SMILES string of the molecule is NS(=O)(=O)c1cc([N+](=O)[O-])nc2ccccc12. The van der Waals surface area contributed by atoms with Gasteiger partial charge in [0.1, 0.15) is 4.90 Å². The second kappa shape index (κ2) is 3.75. The molecule has 2 rings (SSSR count). The van der Waals surface area contributed by atoms with Gasteiger partial charge < -0.3 is 10.1 Å². The van der Waals surface area contributed by atoms with Gasteiger partial charge in [-0.1, -0.05) is 12.1 Å². The molecule has 0 amide bonds. The third-order valence-electron chi connectivity index (χ3n) is 2.16. The Labute approximate surface area is 96.1 Å². The number of nitro groups is 1. The van der Waals surface area contributed by atoms with Gasteiger partial charge in [-0.05, 0) is 22.0 Å². The van der Waals surface area contributed by atoms with E-state index in [1.54, 1.807) is 12.1 Å². The lowest BCUT2D eigenvalue weighted by Gasteiger charge is -2.01. The molecule has 0 saturated heterocycles. The number of fused-ring (bicyclic) bond motifs is 1. The van der Waals surface area contributed by atoms with Crippen molar-refractivity contribution in [1.82, 2.24) is 4.98 Å². The average Bonchev–Trinajstić information content (AvgIpc) is 2.26. The Kier molecular flexibility index (Phi) is 2.52. The van der Waals surface area contributed by atoms with Crippen LogP contribution < -0.4 is 5.14 Å². The van der Waals surface area contributed by atoms with Crippen LogP contribution in [0.3, 0.4) is 0 Å². The predicted octanol–water partition coefficient (Wildman–Crippen LogP) is 0.790. The van der Waals surface area contributed by atoms with Crippen molar-refractivity contribution in [1.29, 1.82) is 0 Å². The molecule has 0 aliphatic carbocycles. The number of aromatic nitrogens is 1. The van der Waals surface area contributed by atoms with E-state index < -0.39 is 20.8 Å². The second-order valence-electron chi connectivity index (χ2n) is 3.30. The van der Waals surface area contributed by atoms with Crippen molar-refractivity contribution >= 4 is 26.7 Å². The maximum atomic E-state index is 11.3. The fraction of sp³-hybridized carbons (Fsp3) is 0. The van der Waals surface area contributed by atoms with E-state index >= 15 is 0 Å². The third kappa shape index (κ3) is 2.08. The quantitative estimate of drug-likeness (QED) is 0.627. The largest absolute Gasteiger partial charge is 0.365 e. The van der Waals surface area contributed by atoms with E-state index in [-0.39, 0.29) is 15.8 Å². The van der Waals surface area contributed by atoms with Crippen molar-refractivity contribution in [2.45, 2.75) is 4.90 Å². The molecular formula is C9H7N3O4S. The van der Waals surface area contributed by atoms with Gasteiger partial charge in [0.25, 0.3) is 0 Å². The summed E-state index contributed by atoms with van der Waals surface area (Å²) in [5, 5.41) is 15.9. The molecule has 0 atom stereocenters. The van der Waals surface area contributed by atoms with Crippen LogP contribution in [0.1, 0.15) is 0 Å². The first kappa shape index (κ1) is 11.4. The van der Waals surface area contributed by atoms with E-state index in [2.05, 4.69) is 4.98 Å². The molecule has 1 heterocycles. The molecule has 0 radical (unpaired) electrons. The topological polar surface area (TPSA) is 116 Å². The Bertz CT molecular complexity index is 711. The van der Waals surface area contributed by atoms with Crippen LogP contribution in [0.25, 0.3) is 10.9 Å². The van der Waals surface area contributed by atoms with Crippen LogP contribution >= 0.6 is 0 Å². The van der Waals surface area contributed by atoms with Crippen molar-refractivity contribution in [3.63, 3.8) is 0 Å². The number of nitrogens with two attached hydrogens (primary N) is 1. The number of hydrogen-bond acceptors (Lipinski definition) is 5. The van der Waals surface area contributed by atoms with E-state index in [0.717, 1.165) is 6.07 Å². The summed E-state index contributed by atoms with van der Waals surface area (Å²) in [6.07, 6.45) is 0. The fourth-order valence-corrected chi connectivity index (χ4v) is 2.21. The molecule has 0 aliphatic rings. The lowest BCUT2D eigenvalue weighted by Crippen LogP contribution is -2.13. The minimum atomic E-state index is -4.03. The van der Waals surface area contributed by atoms with Crippen molar-refractivity contribution in [3.05, 3.63) is 40.4 Å². The van der Waals surface area contributed by atoms with Crippen molar-refractivity contribution in [2.24, 2.45) is 5.14 Å². The summed E-state index contributed by atoms with van der Waals surface area (Å²) in [6, 6.07) is 7.04. The number of primary sulfonamides is 1. The van der Waals surface area contributed by atoms with Crippen LogP contribution in [0.2, 0.25) is 0 Å². The smallest absolute Gasteiger partial charge is 0.358 e. The van der Waals surface area contributed by atoms with Crippen LogP contribution in [0.4, 0.5) is 5.82 Å². The Balaban J connectivity index is 2.93. The van der Waals surface area contributed by atoms with Gasteiger partial charge in [-0.2, -0.15) is 0 Å². The van der Waals surface area contributed by atoms with Crippen LogP contribution in [0.15, 0.2) is 35.2 Å². The van der Waals surface area contributed by atoms with Crippen molar-refractivity contribution in [3.8, 4) is 0 Å². The van der Waals surface area contributed by atoms with Crippen molar-refractivity contribution < 1.29 is 13.3 Å². The number of hydrogen-bond donors (Lipinski definition) is 1. The van der Waals surface area contributed by atoms with E-state index in [1.165, 1.54) is 12.1 Å². The molecule has 17 heavy (non-hydrogen) atoms. The lowest BCUT2D eigenvalue weighted by molar-refractivity contribution is -0.389. The van der Waals surface area contributed by atoms with Gasteiger partial charge in [-0.15, -0.1) is 0 Å². The van der Waals surface area contributed by atoms with Crippen LogP contribution in [-0.4, -0.2) is 18.3 Å². The highest BCUT2D eigenvalue weighted by molar-refractivity contribution is 7.89. The number of para-hydroxylation sites is 1. The Morgan fingerprint density at radius 1 is 1.29 bits per heavy atom. The molecule has 0 saturated carbocycles. The van der Waals surface area contributed by atoms with Gasteiger partial charge in [0.05, 0.1) is 6.07 Å². The summed E-state index contributed by atoms with van der Waals surface area (Å²) in [5.74, 6) is -0.548. The fourth-order valence-electron chi connectivity index (χ4n) is 1.46. The molecule has 0 aliphatic heterocycles. The van der Waals surface area contributed by atoms with Crippen molar-refractivity contribution in [2.75, 3.05) is 0 Å². The van der Waals surface area contributed by atoms with Crippen LogP contribution in [0.5, 0.6) is 0 Å². The minimum absolute atomic E-state index is 0.214. The van der Waals surface area contributed by atoms with Gasteiger partial charge >= 0.3 is 5.82 Å². The maximum absolute atomic E-state index is 11.3. The first-order valence-electron chi connectivity index (χ1n) is 4.46. The zero-order valence-corrected chi connectivity index (χ0v) is 9.22. The zero-order chi connectivity index (χ0) is 12.6. The average molecular weight is 253 g/mol. The standard InChI is InChI=1S/C9H7N3O4S/c10-17(15,16)8-5-9(12(13)14)11-7-4-2-1-3-6(7)8/h1-5H,(H2,10,15,16). The number of sulfonamides is 1. The summed E-state index contributed by atoms with van der Waals surface area (Å²) in [5.41, 5.74) is 0.214. The summed E-state index contributed by atoms with van der Waals surface area (Å²) in [6.45, 7) is 0. The first-order chi connectivity index (χ1) is 7.89. The van der Waals surface area contributed by atoms with Gasteiger partial charge in [0, 0.05) is 5.39 Å². The molecule has 0 fully saturated rings. The molecular weight excluding hydrogens is 246 g/mol. The number of rotatable bonds is 2. The van der Waals surface area contributed by atoms with Gasteiger partial charge in [0.15, 0.2) is 5.52 Å². The van der Waals surface area contributed by atoms with E-state index in [0.29, 0.717) is 0 Å². The van der Waals surface area contributed by atoms with Gasteiger partial charge in [0.2, 0.25) is 10.0 Å². The molecule has 0 bridgehead atoms. The molecule has 2 aromatic rings. The predicted molar refractivity (Wildman–Crippen MR) is 59.8 cm³/mol. The highest BCUT2D eigenvalue weighted by Crippen LogP contribution is 2.24. The maximum Gasteiger partial charge on any atom is 0.365 e. The molecule has 1 aromatic carbocycles. The Morgan fingerprint density at radius 3 is 2.53 bits per heavy atom. The van der Waals surface area contributed by atoms with E-state index in [1.807, 2.05) is 0 Å². The summed E-state index contributed by atoms with van der Waals surface area (Å²) < 4.78 is 22.7. The van der Waals surface area contributed by atoms with Gasteiger partial charge in [-0.3, -0.25) is 0 Å². The van der Waals surface area contributed by atoms with E-state index in [9.17, 15) is 18.5 Å². The number of pyridine rings is 1. The highest BCUT2D eigenvalue weighted by Gasteiger charge is 2.20. The van der Waals surface area contributed by atoms with E-state index in [4.69, 9.17) is 5.14 Å². The number of nitrogens with zero attached hydrogens (tertiary/aromatic N) is 2. The molecule has 0 spiro atoms. The van der Waals surface area contributed by atoms with Gasteiger partial charge in [-0.25, -0.2) is 13.6 Å². The monoisotopic (exact) mass is 253 g/mol. The third-order valence-corrected chi connectivity index (χ3v) is 3.11. The normalized spacial score (nSPS) is 11.6. The second-order valence-corrected chi connectivity index (χ2v) is 4.83. The Hall–Kier alpha value is -2.06. The molecule has 0 unspecified atom stereocenters. The summed E-state index contributed by atoms with van der Waals surface area (Å²) >= 11 is 0. The zero-order valence-electron chi connectivity index (χ0n) is 8.40. The molecule has 1 aromatic heterocycles. The molecule has 2 N–H and O–H groups in total. The molecule has 7 nitrogen and oxygen atoms in total. The van der Waals surface area contributed by atoms with Crippen LogP contribution in [-0.2, 0) is 10.0 Å². The molecule has 8 heteroatoms. The van der Waals surface area contributed by atoms with Crippen LogP contribution in [0, 0.1) is 10.1 Å². The number of benzene rings is 1. The highest BCUT2D eigenvalue weighted by atomic mass is 32.2. The minimum Gasteiger partial charge on any atom is -0.358 e. The summed E-state index contributed by atoms with van der Waals surface area (Å²) in [7, 11) is -4.03. The first-order valence-corrected chi connectivity index (χ1v) is 6.01. The Morgan fingerprint density at radius 2 is 1.94 bits per heavy atom. The lowest BCUT2D eigenvalue weighted by atomic mass is 10.2. The summed E-state index contributed by atoms with van der Waals surface area (Å²) in [4.78, 5) is 13.3.